The first-order chi connectivity index (χ1) is 14.8. The molecule has 0 fully saturated rings. The Labute approximate surface area is 179 Å². The zero-order valence-corrected chi connectivity index (χ0v) is 17.5. The number of phenolic OH excluding ortho intramolecular Hbond substituents is 1. The molecule has 3 rings (SSSR count). The summed E-state index contributed by atoms with van der Waals surface area (Å²) in [5, 5.41) is 16.1. The summed E-state index contributed by atoms with van der Waals surface area (Å²) in [4.78, 5) is 22.6. The van der Waals surface area contributed by atoms with Crippen molar-refractivity contribution in [1.29, 1.82) is 0 Å². The van der Waals surface area contributed by atoms with Gasteiger partial charge in [0.2, 0.25) is 11.8 Å². The van der Waals surface area contributed by atoms with E-state index in [4.69, 9.17) is 4.74 Å². The maximum atomic E-state index is 14.4. The Morgan fingerprint density at radius 1 is 0.903 bits per heavy atom. The van der Waals surface area contributed by atoms with Gasteiger partial charge in [-0.3, -0.25) is 9.59 Å². The Morgan fingerprint density at radius 3 is 2.00 bits per heavy atom. The van der Waals surface area contributed by atoms with Crippen LogP contribution in [0.3, 0.4) is 0 Å². The molecule has 0 aliphatic carbocycles. The van der Waals surface area contributed by atoms with Gasteiger partial charge in [0.1, 0.15) is 17.3 Å². The lowest BCUT2D eigenvalue weighted by Crippen LogP contribution is -2.08. The van der Waals surface area contributed by atoms with Crippen molar-refractivity contribution >= 4 is 23.2 Å². The standard InChI is InChI=1S/C24H23FN2O4/c1-4-31-23-13-17(9-11-22(23)27-15(3)29)19-7-5-6-18(24(19)30)16-8-10-21(20(25)12-16)26-14(2)28/h5-13,30H,4H2,1-3H3,(H,26,28)(H,27,29). The molecular formula is C24H23FN2O4. The monoisotopic (exact) mass is 422 g/mol. The number of phenols is 1. The van der Waals surface area contributed by atoms with Gasteiger partial charge in [-0.2, -0.15) is 0 Å². The normalized spacial score (nSPS) is 10.5. The second-order valence-corrected chi connectivity index (χ2v) is 6.90. The molecule has 0 atom stereocenters. The molecule has 3 N–H and O–H groups in total. The third-order valence-electron chi connectivity index (χ3n) is 4.53. The van der Waals surface area contributed by atoms with Crippen molar-refractivity contribution in [2.45, 2.75) is 20.8 Å². The Balaban J connectivity index is 2.03. The van der Waals surface area contributed by atoms with Crippen LogP contribution in [0.25, 0.3) is 22.3 Å². The number of hydrogen-bond acceptors (Lipinski definition) is 4. The van der Waals surface area contributed by atoms with Gasteiger partial charge in [0.15, 0.2) is 0 Å². The second kappa shape index (κ2) is 9.30. The largest absolute Gasteiger partial charge is 0.507 e. The topological polar surface area (TPSA) is 87.7 Å². The van der Waals surface area contributed by atoms with Gasteiger partial charge in [-0.25, -0.2) is 4.39 Å². The predicted octanol–water partition coefficient (Wildman–Crippen LogP) is 5.18. The Morgan fingerprint density at radius 2 is 1.45 bits per heavy atom. The minimum absolute atomic E-state index is 0.0242. The Bertz CT molecular complexity index is 1140. The molecule has 0 aliphatic rings. The number of para-hydroxylation sites is 1. The van der Waals surface area contributed by atoms with Gasteiger partial charge in [-0.1, -0.05) is 30.3 Å². The van der Waals surface area contributed by atoms with Gasteiger partial charge in [0.25, 0.3) is 0 Å². The van der Waals surface area contributed by atoms with Crippen LogP contribution in [0, 0.1) is 5.82 Å². The minimum atomic E-state index is -0.601. The summed E-state index contributed by atoms with van der Waals surface area (Å²) in [5.41, 5.74) is 2.71. The lowest BCUT2D eigenvalue weighted by molar-refractivity contribution is -0.115. The van der Waals surface area contributed by atoms with Gasteiger partial charge in [0, 0.05) is 25.0 Å². The number of rotatable bonds is 6. The summed E-state index contributed by atoms with van der Waals surface area (Å²) in [7, 11) is 0. The number of halogens is 1. The highest BCUT2D eigenvalue weighted by molar-refractivity contribution is 5.92. The Kier molecular flexibility index (Phi) is 6.55. The predicted molar refractivity (Wildman–Crippen MR) is 119 cm³/mol. The molecule has 0 saturated carbocycles. The molecule has 7 heteroatoms. The quantitative estimate of drug-likeness (QED) is 0.511. The van der Waals surface area contributed by atoms with Crippen LogP contribution in [-0.4, -0.2) is 23.5 Å². The molecule has 3 aromatic rings. The maximum absolute atomic E-state index is 14.4. The minimum Gasteiger partial charge on any atom is -0.507 e. The zero-order valence-electron chi connectivity index (χ0n) is 17.5. The van der Waals surface area contributed by atoms with Crippen LogP contribution in [0.1, 0.15) is 20.8 Å². The van der Waals surface area contributed by atoms with Crippen LogP contribution >= 0.6 is 0 Å². The number of ether oxygens (including phenoxy) is 1. The van der Waals surface area contributed by atoms with E-state index in [2.05, 4.69) is 10.6 Å². The van der Waals surface area contributed by atoms with Crippen LogP contribution in [0.4, 0.5) is 15.8 Å². The summed E-state index contributed by atoms with van der Waals surface area (Å²) in [6.45, 7) is 4.95. The summed E-state index contributed by atoms with van der Waals surface area (Å²) >= 11 is 0. The fourth-order valence-corrected chi connectivity index (χ4v) is 3.24. The molecule has 0 aromatic heterocycles. The highest BCUT2D eigenvalue weighted by Crippen LogP contribution is 2.40. The lowest BCUT2D eigenvalue weighted by Gasteiger charge is -2.15. The summed E-state index contributed by atoms with van der Waals surface area (Å²) < 4.78 is 20.0. The van der Waals surface area contributed by atoms with E-state index in [0.29, 0.717) is 40.3 Å². The van der Waals surface area contributed by atoms with Crippen LogP contribution in [-0.2, 0) is 9.59 Å². The number of aromatic hydroxyl groups is 1. The number of amides is 2. The SMILES string of the molecule is CCOc1cc(-c2cccc(-c3ccc(NC(C)=O)c(F)c3)c2O)ccc1NC(C)=O. The first kappa shape index (κ1) is 21.8. The van der Waals surface area contributed by atoms with Gasteiger partial charge in [0.05, 0.1) is 18.0 Å². The molecule has 3 aromatic carbocycles. The number of carbonyl (C=O) groups excluding carboxylic acids is 2. The molecule has 0 spiro atoms. The van der Waals surface area contributed by atoms with E-state index < -0.39 is 5.82 Å². The molecule has 2 amide bonds. The van der Waals surface area contributed by atoms with Crippen molar-refractivity contribution < 1.29 is 23.8 Å². The van der Waals surface area contributed by atoms with E-state index in [1.165, 1.54) is 26.0 Å². The smallest absolute Gasteiger partial charge is 0.221 e. The fourth-order valence-electron chi connectivity index (χ4n) is 3.24. The van der Waals surface area contributed by atoms with Crippen molar-refractivity contribution in [3.8, 4) is 33.8 Å². The third kappa shape index (κ3) is 5.01. The average molecular weight is 422 g/mol. The number of anilines is 2. The van der Waals surface area contributed by atoms with Gasteiger partial charge in [-0.05, 0) is 42.3 Å². The van der Waals surface area contributed by atoms with E-state index in [0.717, 1.165) is 0 Å². The molecule has 31 heavy (non-hydrogen) atoms. The number of hydrogen-bond donors (Lipinski definition) is 3. The molecule has 0 saturated heterocycles. The van der Waals surface area contributed by atoms with E-state index in [1.54, 1.807) is 42.5 Å². The fraction of sp³-hybridized carbons (Fsp3) is 0.167. The second-order valence-electron chi connectivity index (χ2n) is 6.90. The molecule has 0 unspecified atom stereocenters. The van der Waals surface area contributed by atoms with Crippen LogP contribution in [0.5, 0.6) is 11.5 Å². The van der Waals surface area contributed by atoms with Crippen molar-refractivity contribution in [1.82, 2.24) is 0 Å². The van der Waals surface area contributed by atoms with E-state index in [9.17, 15) is 19.1 Å². The summed E-state index contributed by atoms with van der Waals surface area (Å²) in [5.74, 6) is -0.738. The van der Waals surface area contributed by atoms with Crippen LogP contribution in [0.15, 0.2) is 54.6 Å². The van der Waals surface area contributed by atoms with E-state index in [-0.39, 0.29) is 23.3 Å². The van der Waals surface area contributed by atoms with Gasteiger partial charge < -0.3 is 20.5 Å². The lowest BCUT2D eigenvalue weighted by atomic mass is 9.96. The molecule has 0 radical (unpaired) electrons. The first-order valence-electron chi connectivity index (χ1n) is 9.74. The van der Waals surface area contributed by atoms with Crippen LogP contribution < -0.4 is 15.4 Å². The molecule has 160 valence electrons. The highest BCUT2D eigenvalue weighted by atomic mass is 19.1. The van der Waals surface area contributed by atoms with Crippen LogP contribution in [0.2, 0.25) is 0 Å². The first-order valence-corrected chi connectivity index (χ1v) is 9.74. The van der Waals surface area contributed by atoms with Crippen molar-refractivity contribution in [3.63, 3.8) is 0 Å². The molecule has 6 nitrogen and oxygen atoms in total. The highest BCUT2D eigenvalue weighted by Gasteiger charge is 2.15. The summed E-state index contributed by atoms with van der Waals surface area (Å²) in [6, 6.07) is 14.7. The Hall–Kier alpha value is -3.87. The number of nitrogens with one attached hydrogen (secondary N) is 2. The molecule has 0 aliphatic heterocycles. The van der Waals surface area contributed by atoms with E-state index >= 15 is 0 Å². The third-order valence-corrected chi connectivity index (χ3v) is 4.53. The molecule has 0 heterocycles. The number of benzene rings is 3. The van der Waals surface area contributed by atoms with Crippen molar-refractivity contribution in [2.24, 2.45) is 0 Å². The molecule has 0 bridgehead atoms. The summed E-state index contributed by atoms with van der Waals surface area (Å²) in [6.07, 6.45) is 0. The average Bonchev–Trinajstić information content (AvgIpc) is 2.71. The zero-order chi connectivity index (χ0) is 22.5. The van der Waals surface area contributed by atoms with Crippen molar-refractivity contribution in [3.05, 3.63) is 60.4 Å². The van der Waals surface area contributed by atoms with E-state index in [1.807, 2.05) is 6.92 Å². The number of carbonyl (C=O) groups is 2. The molecular weight excluding hydrogens is 399 g/mol. The van der Waals surface area contributed by atoms with Gasteiger partial charge in [-0.15, -0.1) is 0 Å². The van der Waals surface area contributed by atoms with Crippen molar-refractivity contribution in [2.75, 3.05) is 17.2 Å². The van der Waals surface area contributed by atoms with Gasteiger partial charge >= 0.3 is 0 Å². The maximum Gasteiger partial charge on any atom is 0.221 e.